The lowest BCUT2D eigenvalue weighted by Gasteiger charge is -2.08. The van der Waals surface area contributed by atoms with Crippen LogP contribution in [0.2, 0.25) is 0 Å². The summed E-state index contributed by atoms with van der Waals surface area (Å²) < 4.78 is 12.4. The normalized spacial score (nSPS) is 12.8. The zero-order chi connectivity index (χ0) is 9.68. The van der Waals surface area contributed by atoms with Crippen molar-refractivity contribution in [3.05, 3.63) is 29.8 Å². The van der Waals surface area contributed by atoms with Gasteiger partial charge in [0.25, 0.3) is 0 Å². The molecule has 0 spiro atoms. The molecule has 0 fully saturated rings. The van der Waals surface area contributed by atoms with Crippen LogP contribution in [0.15, 0.2) is 18.3 Å². The highest BCUT2D eigenvalue weighted by Crippen LogP contribution is 2.12. The number of aliphatic hydroxyl groups is 1. The van der Waals surface area contributed by atoms with Crippen LogP contribution in [0.3, 0.4) is 0 Å². The molecule has 0 bridgehead atoms. The van der Waals surface area contributed by atoms with Crippen molar-refractivity contribution in [2.45, 2.75) is 12.5 Å². The molecule has 0 aliphatic rings. The summed E-state index contributed by atoms with van der Waals surface area (Å²) in [5.74, 6) is -0.385. The van der Waals surface area contributed by atoms with Gasteiger partial charge in [-0.2, -0.15) is 0 Å². The molecule has 13 heavy (non-hydrogen) atoms. The first-order valence-corrected chi connectivity index (χ1v) is 4.18. The summed E-state index contributed by atoms with van der Waals surface area (Å²) in [6.45, 7) is 0.709. The minimum atomic E-state index is -0.618. The van der Waals surface area contributed by atoms with Crippen molar-refractivity contribution in [2.75, 3.05) is 13.6 Å². The van der Waals surface area contributed by atoms with E-state index >= 15 is 0 Å². The zero-order valence-corrected chi connectivity index (χ0v) is 7.50. The summed E-state index contributed by atoms with van der Waals surface area (Å²) in [7, 11) is 1.81. The largest absolute Gasteiger partial charge is 0.387 e. The molecule has 0 aromatic carbocycles. The van der Waals surface area contributed by atoms with Gasteiger partial charge in [0.1, 0.15) is 5.82 Å². The molecule has 72 valence electrons. The molecular weight excluding hydrogens is 171 g/mol. The second-order valence-electron chi connectivity index (χ2n) is 2.81. The van der Waals surface area contributed by atoms with E-state index < -0.39 is 6.10 Å². The Balaban J connectivity index is 2.55. The van der Waals surface area contributed by atoms with E-state index in [-0.39, 0.29) is 5.82 Å². The van der Waals surface area contributed by atoms with Crippen molar-refractivity contribution in [3.8, 4) is 0 Å². The molecule has 0 aliphatic heterocycles. The molecule has 1 heterocycles. The molecule has 1 atom stereocenters. The highest BCUT2D eigenvalue weighted by Gasteiger charge is 2.07. The summed E-state index contributed by atoms with van der Waals surface area (Å²) >= 11 is 0. The number of pyridine rings is 1. The monoisotopic (exact) mass is 184 g/mol. The van der Waals surface area contributed by atoms with Crippen molar-refractivity contribution in [3.63, 3.8) is 0 Å². The second-order valence-corrected chi connectivity index (χ2v) is 2.81. The van der Waals surface area contributed by atoms with Crippen LogP contribution in [0.1, 0.15) is 18.2 Å². The van der Waals surface area contributed by atoms with Gasteiger partial charge in [-0.15, -0.1) is 0 Å². The van der Waals surface area contributed by atoms with Gasteiger partial charge in [0, 0.05) is 0 Å². The maximum Gasteiger partial charge on any atom is 0.141 e. The maximum absolute atomic E-state index is 12.4. The molecule has 0 saturated heterocycles. The van der Waals surface area contributed by atoms with Crippen molar-refractivity contribution in [1.82, 2.24) is 10.3 Å². The Bertz CT molecular complexity index is 250. The van der Waals surface area contributed by atoms with Crippen LogP contribution in [-0.2, 0) is 0 Å². The quantitative estimate of drug-likeness (QED) is 0.729. The van der Waals surface area contributed by atoms with E-state index in [1.165, 1.54) is 12.1 Å². The molecule has 0 amide bonds. The molecule has 0 radical (unpaired) electrons. The fraction of sp³-hybridized carbons (Fsp3) is 0.444. The minimum Gasteiger partial charge on any atom is -0.387 e. The first kappa shape index (κ1) is 10.1. The fourth-order valence-corrected chi connectivity index (χ4v) is 1.01. The Morgan fingerprint density at radius 2 is 2.38 bits per heavy atom. The van der Waals surface area contributed by atoms with E-state index in [9.17, 15) is 9.50 Å². The summed E-state index contributed by atoms with van der Waals surface area (Å²) in [6, 6.07) is 2.79. The smallest absolute Gasteiger partial charge is 0.141 e. The number of hydrogen-bond donors (Lipinski definition) is 2. The summed E-state index contributed by atoms with van der Waals surface area (Å²) in [5.41, 5.74) is 0.511. The molecule has 1 aromatic heterocycles. The number of aromatic nitrogens is 1. The van der Waals surface area contributed by atoms with Crippen LogP contribution in [0.5, 0.6) is 0 Å². The lowest BCUT2D eigenvalue weighted by Crippen LogP contribution is -2.12. The highest BCUT2D eigenvalue weighted by atomic mass is 19.1. The van der Waals surface area contributed by atoms with Gasteiger partial charge in [-0.1, -0.05) is 0 Å². The van der Waals surface area contributed by atoms with Gasteiger partial charge in [0.2, 0.25) is 0 Å². The van der Waals surface area contributed by atoms with E-state index in [1.54, 1.807) is 0 Å². The van der Waals surface area contributed by atoms with Gasteiger partial charge in [0.05, 0.1) is 18.0 Å². The van der Waals surface area contributed by atoms with Crippen LogP contribution in [0.4, 0.5) is 4.39 Å². The Hall–Kier alpha value is -1.00. The molecule has 0 saturated carbocycles. The van der Waals surface area contributed by atoms with E-state index in [0.717, 1.165) is 6.20 Å². The predicted octanol–water partition coefficient (Wildman–Crippen LogP) is 0.864. The maximum atomic E-state index is 12.4. The molecule has 3 nitrogen and oxygen atoms in total. The standard InChI is InChI=1S/C9H13FN2O/c1-11-5-4-9(13)8-3-2-7(10)6-12-8/h2-3,6,9,11,13H,4-5H2,1H3. The predicted molar refractivity (Wildman–Crippen MR) is 47.7 cm³/mol. The average molecular weight is 184 g/mol. The molecule has 4 heteroatoms. The number of nitrogens with one attached hydrogen (secondary N) is 1. The summed E-state index contributed by atoms with van der Waals surface area (Å²) in [6.07, 6.45) is 1.07. The van der Waals surface area contributed by atoms with Crippen LogP contribution in [0, 0.1) is 5.82 Å². The van der Waals surface area contributed by atoms with E-state index in [1.807, 2.05) is 7.05 Å². The lowest BCUT2D eigenvalue weighted by atomic mass is 10.1. The summed E-state index contributed by atoms with van der Waals surface area (Å²) in [5, 5.41) is 12.4. The number of rotatable bonds is 4. The minimum absolute atomic E-state index is 0.385. The Morgan fingerprint density at radius 1 is 1.62 bits per heavy atom. The van der Waals surface area contributed by atoms with Gasteiger partial charge < -0.3 is 10.4 Å². The van der Waals surface area contributed by atoms with Crippen molar-refractivity contribution in [2.24, 2.45) is 0 Å². The highest BCUT2D eigenvalue weighted by molar-refractivity contribution is 5.07. The number of halogens is 1. The topological polar surface area (TPSA) is 45.1 Å². The molecule has 2 N–H and O–H groups in total. The Morgan fingerprint density at radius 3 is 2.92 bits per heavy atom. The van der Waals surface area contributed by atoms with E-state index in [2.05, 4.69) is 10.3 Å². The molecule has 0 aliphatic carbocycles. The van der Waals surface area contributed by atoms with Crippen molar-refractivity contribution >= 4 is 0 Å². The van der Waals surface area contributed by atoms with Gasteiger partial charge >= 0.3 is 0 Å². The van der Waals surface area contributed by atoms with Gasteiger partial charge in [0.15, 0.2) is 0 Å². The third kappa shape index (κ3) is 3.08. The SMILES string of the molecule is CNCCC(O)c1ccc(F)cn1. The molecule has 1 rings (SSSR count). The Labute approximate surface area is 76.6 Å². The van der Waals surface area contributed by atoms with Crippen LogP contribution < -0.4 is 5.32 Å². The molecular formula is C9H13FN2O. The van der Waals surface area contributed by atoms with Crippen LogP contribution >= 0.6 is 0 Å². The van der Waals surface area contributed by atoms with Crippen LogP contribution in [0.25, 0.3) is 0 Å². The van der Waals surface area contributed by atoms with E-state index in [4.69, 9.17) is 0 Å². The number of nitrogens with zero attached hydrogens (tertiary/aromatic N) is 1. The van der Waals surface area contributed by atoms with Crippen molar-refractivity contribution in [1.29, 1.82) is 0 Å². The number of hydrogen-bond acceptors (Lipinski definition) is 3. The fourth-order valence-electron chi connectivity index (χ4n) is 1.01. The first-order chi connectivity index (χ1) is 6.24. The third-order valence-electron chi connectivity index (χ3n) is 1.76. The average Bonchev–Trinajstić information content (AvgIpc) is 2.15. The first-order valence-electron chi connectivity index (χ1n) is 4.18. The van der Waals surface area contributed by atoms with E-state index in [0.29, 0.717) is 18.7 Å². The summed E-state index contributed by atoms with van der Waals surface area (Å²) in [4.78, 5) is 3.78. The Kier molecular flexibility index (Phi) is 3.79. The zero-order valence-electron chi connectivity index (χ0n) is 7.50. The second kappa shape index (κ2) is 4.89. The molecule has 1 aromatic rings. The third-order valence-corrected chi connectivity index (χ3v) is 1.76. The number of aliphatic hydroxyl groups excluding tert-OH is 1. The molecule has 1 unspecified atom stereocenters. The van der Waals surface area contributed by atoms with Gasteiger partial charge in [-0.25, -0.2) is 4.39 Å². The van der Waals surface area contributed by atoms with Crippen LogP contribution in [-0.4, -0.2) is 23.7 Å². The lowest BCUT2D eigenvalue weighted by molar-refractivity contribution is 0.163. The van der Waals surface area contributed by atoms with Gasteiger partial charge in [-0.3, -0.25) is 4.98 Å². The van der Waals surface area contributed by atoms with Gasteiger partial charge in [-0.05, 0) is 32.1 Å². The van der Waals surface area contributed by atoms with Crippen molar-refractivity contribution < 1.29 is 9.50 Å².